The van der Waals surface area contributed by atoms with Crippen molar-refractivity contribution in [2.45, 2.75) is 49.8 Å². The number of nitrogens with one attached hydrogen (secondary N) is 1. The molecule has 0 bridgehead atoms. The molecule has 1 N–H and O–H groups in total. The van der Waals surface area contributed by atoms with Crippen molar-refractivity contribution in [3.8, 4) is 0 Å². The van der Waals surface area contributed by atoms with E-state index in [9.17, 15) is 43.2 Å². The maximum atomic E-state index is 13.1. The van der Waals surface area contributed by atoms with Gasteiger partial charge in [-0.25, -0.2) is 16.8 Å². The largest absolute Gasteiger partial charge is 0.512 e. The molecule has 0 aromatic carbocycles. The molecule has 0 saturated heterocycles. The third kappa shape index (κ3) is 5.21. The van der Waals surface area contributed by atoms with Gasteiger partial charge in [-0.15, -0.1) is 0 Å². The van der Waals surface area contributed by atoms with Crippen molar-refractivity contribution in [1.29, 1.82) is 0 Å². The maximum absolute atomic E-state index is 13.1. The normalized spacial score (nSPS) is 17.4. The highest BCUT2D eigenvalue weighted by molar-refractivity contribution is 8.04. The van der Waals surface area contributed by atoms with Crippen molar-refractivity contribution < 1.29 is 43.2 Å². The summed E-state index contributed by atoms with van der Waals surface area (Å²) in [6.45, 7) is 6.89. The van der Waals surface area contributed by atoms with Gasteiger partial charge in [0.25, 0.3) is 0 Å². The first kappa shape index (κ1) is 25.8. The highest BCUT2D eigenvalue weighted by Gasteiger charge is 2.68. The van der Waals surface area contributed by atoms with Crippen LogP contribution in [0.1, 0.15) is 33.1 Å². The zero-order valence-electron chi connectivity index (χ0n) is 14.7. The number of halogens is 6. The van der Waals surface area contributed by atoms with Gasteiger partial charge in [-0.2, -0.15) is 31.4 Å². The highest BCUT2D eigenvalue weighted by atomic mass is 32.3. The van der Waals surface area contributed by atoms with E-state index in [2.05, 4.69) is 5.09 Å². The second-order valence-electron chi connectivity index (χ2n) is 6.36. The van der Waals surface area contributed by atoms with Crippen LogP contribution in [-0.2, 0) is 20.0 Å². The van der Waals surface area contributed by atoms with Gasteiger partial charge in [0.15, 0.2) is 0 Å². The number of sulfonamides is 2. The summed E-state index contributed by atoms with van der Waals surface area (Å²) < 4.78 is 125. The number of nitrogens with zero attached hydrogens (tertiary/aromatic N) is 1. The molecule has 0 fully saturated rings. The lowest BCUT2D eigenvalue weighted by Crippen LogP contribution is -2.65. The van der Waals surface area contributed by atoms with E-state index in [1.807, 2.05) is 0 Å². The van der Waals surface area contributed by atoms with Crippen LogP contribution >= 0.6 is 7.41 Å². The third-order valence-corrected chi connectivity index (χ3v) is 8.17. The molecule has 26 heavy (non-hydrogen) atoms. The van der Waals surface area contributed by atoms with Crippen molar-refractivity contribution in [3.63, 3.8) is 0 Å². The minimum Gasteiger partial charge on any atom is -0.202 e. The molecule has 0 aromatic rings. The summed E-state index contributed by atoms with van der Waals surface area (Å²) in [5.41, 5.74) is -15.1. The first-order valence-electron chi connectivity index (χ1n) is 7.23. The SMILES string of the molecule is CCCC(CC)(N[P+](C)(C)C)N(S(=O)(=O)C(F)(F)F)S(=O)(=O)C(F)(F)F. The van der Waals surface area contributed by atoms with Gasteiger partial charge in [0.1, 0.15) is 5.66 Å². The van der Waals surface area contributed by atoms with E-state index in [1.165, 1.54) is 26.9 Å². The maximum Gasteiger partial charge on any atom is 0.512 e. The lowest BCUT2D eigenvalue weighted by Gasteiger charge is -2.42. The van der Waals surface area contributed by atoms with E-state index in [0.717, 1.165) is 6.92 Å². The van der Waals surface area contributed by atoms with Gasteiger partial charge in [-0.05, 0) is 12.8 Å². The van der Waals surface area contributed by atoms with Crippen LogP contribution in [-0.4, -0.2) is 57.2 Å². The second-order valence-corrected chi connectivity index (χ2v) is 14.4. The first-order valence-corrected chi connectivity index (χ1v) is 13.2. The van der Waals surface area contributed by atoms with Gasteiger partial charge >= 0.3 is 31.1 Å². The molecule has 0 amide bonds. The van der Waals surface area contributed by atoms with Crippen LogP contribution in [0.25, 0.3) is 0 Å². The van der Waals surface area contributed by atoms with E-state index >= 15 is 0 Å². The Morgan fingerprint density at radius 1 is 0.846 bits per heavy atom. The van der Waals surface area contributed by atoms with Crippen LogP contribution in [0.2, 0.25) is 0 Å². The molecule has 15 heteroatoms. The number of hydrogen-bond acceptors (Lipinski definition) is 5. The summed E-state index contributed by atoms with van der Waals surface area (Å²) in [7, 11) is -16.2. The first-order chi connectivity index (χ1) is 11.2. The molecule has 0 rings (SSSR count). The predicted octanol–water partition coefficient (Wildman–Crippen LogP) is 3.31. The Hall–Kier alpha value is -0.170. The van der Waals surface area contributed by atoms with E-state index in [4.69, 9.17) is 0 Å². The van der Waals surface area contributed by atoms with Crippen molar-refractivity contribution >= 4 is 27.5 Å². The van der Waals surface area contributed by atoms with Gasteiger partial charge < -0.3 is 0 Å². The monoisotopic (exact) mass is 455 g/mol. The molecule has 1 atom stereocenters. The quantitative estimate of drug-likeness (QED) is 0.345. The fourth-order valence-electron chi connectivity index (χ4n) is 2.39. The van der Waals surface area contributed by atoms with Gasteiger partial charge in [0, 0.05) is 0 Å². The highest BCUT2D eigenvalue weighted by Crippen LogP contribution is 2.50. The molecule has 0 spiro atoms. The lowest BCUT2D eigenvalue weighted by molar-refractivity contribution is -0.0580. The van der Waals surface area contributed by atoms with Crippen molar-refractivity contribution in [2.24, 2.45) is 0 Å². The third-order valence-electron chi connectivity index (χ3n) is 3.16. The Morgan fingerprint density at radius 3 is 1.38 bits per heavy atom. The summed E-state index contributed by atoms with van der Waals surface area (Å²) in [6, 6.07) is 0. The van der Waals surface area contributed by atoms with Crippen molar-refractivity contribution in [1.82, 2.24) is 8.80 Å². The number of alkyl halides is 6. The number of hydrogen-bond donors (Lipinski definition) is 1. The van der Waals surface area contributed by atoms with Gasteiger partial charge in [-0.3, -0.25) is 0 Å². The van der Waals surface area contributed by atoms with E-state index < -0.39 is 60.7 Å². The average Bonchev–Trinajstić information content (AvgIpc) is 2.33. The van der Waals surface area contributed by atoms with Gasteiger partial charge in [0.05, 0.1) is 27.4 Å². The fraction of sp³-hybridized carbons (Fsp3) is 1.00. The topological polar surface area (TPSA) is 83.6 Å². The minimum absolute atomic E-state index is 0.0713. The molecular weight excluding hydrogens is 433 g/mol. The molecule has 6 nitrogen and oxygen atoms in total. The summed E-state index contributed by atoms with van der Waals surface area (Å²) >= 11 is 0. The predicted molar refractivity (Wildman–Crippen MR) is 87.5 cm³/mol. The molecule has 1 unspecified atom stereocenters. The summed E-state index contributed by atoms with van der Waals surface area (Å²) in [4.78, 5) is 0. The Balaban J connectivity index is 7.11. The fourth-order valence-corrected chi connectivity index (χ4v) is 7.51. The molecule has 0 radical (unpaired) electrons. The van der Waals surface area contributed by atoms with Crippen LogP contribution in [0.15, 0.2) is 0 Å². The van der Waals surface area contributed by atoms with Crippen molar-refractivity contribution in [3.05, 3.63) is 0 Å². The van der Waals surface area contributed by atoms with Crippen LogP contribution in [0.5, 0.6) is 0 Å². The zero-order valence-corrected chi connectivity index (χ0v) is 17.3. The number of rotatable bonds is 8. The second kappa shape index (κ2) is 7.69. The van der Waals surface area contributed by atoms with Crippen LogP contribution in [0.4, 0.5) is 26.3 Å². The van der Waals surface area contributed by atoms with E-state index in [0.29, 0.717) is 0 Å². The smallest absolute Gasteiger partial charge is 0.202 e. The standard InChI is InChI=1S/C11H22F6N2O4PS2/c1-6-8-9(7-2,18-24(3,4)5)19(25(20,21)10(12,13)14)26(22,23)11(15,16)17/h18H,6-8H2,1-5H3/q+1. The Morgan fingerprint density at radius 2 is 1.19 bits per heavy atom. The summed E-state index contributed by atoms with van der Waals surface area (Å²) in [6.07, 6.45) is -1.29. The Kier molecular flexibility index (Phi) is 7.64. The molecule has 158 valence electrons. The van der Waals surface area contributed by atoms with Crippen LogP contribution in [0, 0.1) is 0 Å². The molecular formula is C11H22F6N2O4PS2+. The summed E-state index contributed by atoms with van der Waals surface area (Å²) in [5.74, 6) is 0. The molecule has 0 aliphatic heterocycles. The molecule has 0 heterocycles. The van der Waals surface area contributed by atoms with Gasteiger partial charge in [-0.1, -0.05) is 24.0 Å². The van der Waals surface area contributed by atoms with E-state index in [1.54, 1.807) is 0 Å². The molecule has 0 aliphatic rings. The zero-order chi connectivity index (χ0) is 21.4. The summed E-state index contributed by atoms with van der Waals surface area (Å²) in [5, 5.41) is 2.46. The molecule has 0 aliphatic carbocycles. The van der Waals surface area contributed by atoms with Crippen LogP contribution in [0.3, 0.4) is 0 Å². The van der Waals surface area contributed by atoms with Crippen molar-refractivity contribution in [2.75, 3.05) is 20.0 Å². The minimum atomic E-state index is -6.86. The Bertz CT molecular complexity index is 656. The molecule has 0 aromatic heterocycles. The lowest BCUT2D eigenvalue weighted by atomic mass is 10.0. The average molecular weight is 455 g/mol. The van der Waals surface area contributed by atoms with Crippen LogP contribution < -0.4 is 5.09 Å². The van der Waals surface area contributed by atoms with Gasteiger partial charge in [0.2, 0.25) is 0 Å². The van der Waals surface area contributed by atoms with E-state index in [-0.39, 0.29) is 6.42 Å². The molecule has 0 saturated carbocycles. The Labute approximate surface area is 149 Å².